The highest BCUT2D eigenvalue weighted by Gasteiger charge is 2.60. The molecule has 0 bridgehead atoms. The number of nitrogens with zero attached hydrogens (tertiary/aromatic N) is 2. The van der Waals surface area contributed by atoms with Crippen molar-refractivity contribution >= 4 is 6.08 Å². The summed E-state index contributed by atoms with van der Waals surface area (Å²) in [6.45, 7) is 8.04. The quantitative estimate of drug-likeness (QED) is 0.713. The van der Waals surface area contributed by atoms with E-state index in [1.54, 1.807) is 0 Å². The van der Waals surface area contributed by atoms with Crippen LogP contribution in [0.5, 0.6) is 0 Å². The average molecular weight is 383 g/mol. The molecule has 1 N–H and O–H groups in total. The maximum absolute atomic E-state index is 11.4. The number of aryl methyl sites for hydroxylation is 1. The molecule has 0 spiro atoms. The Morgan fingerprint density at radius 3 is 2.75 bits per heavy atom. The van der Waals surface area contributed by atoms with E-state index in [2.05, 4.69) is 38.0 Å². The van der Waals surface area contributed by atoms with Gasteiger partial charge in [-0.05, 0) is 98.7 Å². The average Bonchev–Trinajstić information content (AvgIpc) is 3.25. The number of aliphatic hydroxyl groups excluding tert-OH is 1. The van der Waals surface area contributed by atoms with E-state index in [0.29, 0.717) is 11.3 Å². The molecule has 3 nitrogen and oxygen atoms in total. The van der Waals surface area contributed by atoms with Gasteiger partial charge in [0.1, 0.15) is 0 Å². The smallest absolute Gasteiger partial charge is 0.0851 e. The highest BCUT2D eigenvalue weighted by atomic mass is 16.3. The molecule has 5 rings (SSSR count). The lowest BCUT2D eigenvalue weighted by Crippen LogP contribution is -2.53. The third kappa shape index (κ3) is 2.68. The Morgan fingerprint density at radius 2 is 1.96 bits per heavy atom. The molecule has 1 heterocycles. The SMILES string of the molecule is CCn1ccc(C=C2CC3C4CCC5CCCCC5(C)C4CCC3(C)C2O)n1. The molecule has 3 heteroatoms. The van der Waals surface area contributed by atoms with Crippen molar-refractivity contribution in [1.82, 2.24) is 9.78 Å². The Labute approximate surface area is 170 Å². The van der Waals surface area contributed by atoms with Crippen molar-refractivity contribution in [2.45, 2.75) is 91.2 Å². The van der Waals surface area contributed by atoms with Crippen LogP contribution in [0.3, 0.4) is 0 Å². The van der Waals surface area contributed by atoms with Crippen LogP contribution in [0.4, 0.5) is 0 Å². The zero-order valence-electron chi connectivity index (χ0n) is 18.0. The van der Waals surface area contributed by atoms with E-state index in [4.69, 9.17) is 0 Å². The van der Waals surface area contributed by atoms with Crippen LogP contribution in [-0.4, -0.2) is 21.0 Å². The fourth-order valence-electron chi connectivity index (χ4n) is 8.11. The van der Waals surface area contributed by atoms with Crippen LogP contribution in [0, 0.1) is 34.5 Å². The van der Waals surface area contributed by atoms with Crippen LogP contribution in [0.25, 0.3) is 6.08 Å². The molecule has 4 aliphatic rings. The summed E-state index contributed by atoms with van der Waals surface area (Å²) in [5.74, 6) is 3.31. The molecular weight excluding hydrogens is 344 g/mol. The summed E-state index contributed by atoms with van der Waals surface area (Å²) < 4.78 is 1.98. The summed E-state index contributed by atoms with van der Waals surface area (Å²) in [6.07, 6.45) is 16.2. The summed E-state index contributed by atoms with van der Waals surface area (Å²) in [4.78, 5) is 0. The molecule has 4 fully saturated rings. The minimum absolute atomic E-state index is 0.0676. The van der Waals surface area contributed by atoms with Gasteiger partial charge in [0, 0.05) is 18.2 Å². The first-order valence-electron chi connectivity index (χ1n) is 11.9. The van der Waals surface area contributed by atoms with Gasteiger partial charge < -0.3 is 5.11 Å². The van der Waals surface area contributed by atoms with E-state index in [-0.39, 0.29) is 11.5 Å². The number of aliphatic hydroxyl groups is 1. The summed E-state index contributed by atoms with van der Waals surface area (Å²) in [7, 11) is 0. The van der Waals surface area contributed by atoms with Crippen molar-refractivity contribution < 1.29 is 5.11 Å². The van der Waals surface area contributed by atoms with Crippen LogP contribution < -0.4 is 0 Å². The molecule has 7 unspecified atom stereocenters. The topological polar surface area (TPSA) is 38.0 Å². The third-order valence-corrected chi connectivity index (χ3v) is 9.77. The van der Waals surface area contributed by atoms with Gasteiger partial charge in [-0.3, -0.25) is 4.68 Å². The van der Waals surface area contributed by atoms with Crippen molar-refractivity contribution in [3.8, 4) is 0 Å². The monoisotopic (exact) mass is 382 g/mol. The van der Waals surface area contributed by atoms with Crippen molar-refractivity contribution in [1.29, 1.82) is 0 Å². The van der Waals surface area contributed by atoms with Crippen molar-refractivity contribution in [2.75, 3.05) is 0 Å². The molecule has 4 saturated carbocycles. The largest absolute Gasteiger partial charge is 0.388 e. The first-order valence-corrected chi connectivity index (χ1v) is 11.9. The lowest BCUT2D eigenvalue weighted by molar-refractivity contribution is -0.119. The molecule has 1 aromatic heterocycles. The van der Waals surface area contributed by atoms with Gasteiger partial charge in [-0.15, -0.1) is 0 Å². The molecule has 0 amide bonds. The molecule has 154 valence electrons. The zero-order valence-corrected chi connectivity index (χ0v) is 18.0. The molecular formula is C25H38N2O. The van der Waals surface area contributed by atoms with Gasteiger partial charge in [-0.2, -0.15) is 5.10 Å². The lowest BCUT2D eigenvalue weighted by atomic mass is 9.45. The van der Waals surface area contributed by atoms with Crippen LogP contribution in [-0.2, 0) is 6.54 Å². The molecule has 28 heavy (non-hydrogen) atoms. The number of fused-ring (bicyclic) bond motifs is 5. The van der Waals surface area contributed by atoms with Crippen LogP contribution in [0.2, 0.25) is 0 Å². The van der Waals surface area contributed by atoms with Gasteiger partial charge >= 0.3 is 0 Å². The third-order valence-electron chi connectivity index (χ3n) is 9.77. The normalized spacial score (nSPS) is 46.9. The maximum atomic E-state index is 11.4. The molecule has 1 aromatic rings. The summed E-state index contributed by atoms with van der Waals surface area (Å²) in [5.41, 5.74) is 2.89. The minimum atomic E-state index is -0.290. The Balaban J connectivity index is 1.44. The Hall–Kier alpha value is -1.09. The zero-order chi connectivity index (χ0) is 19.5. The van der Waals surface area contributed by atoms with Crippen LogP contribution in [0.1, 0.15) is 84.3 Å². The van der Waals surface area contributed by atoms with Gasteiger partial charge in [0.2, 0.25) is 0 Å². The van der Waals surface area contributed by atoms with Crippen molar-refractivity contribution in [2.24, 2.45) is 34.5 Å². The highest BCUT2D eigenvalue weighted by molar-refractivity contribution is 5.52. The van der Waals surface area contributed by atoms with E-state index >= 15 is 0 Å². The number of aromatic nitrogens is 2. The van der Waals surface area contributed by atoms with Gasteiger partial charge in [-0.25, -0.2) is 0 Å². The van der Waals surface area contributed by atoms with Gasteiger partial charge in [-0.1, -0.05) is 26.7 Å². The van der Waals surface area contributed by atoms with Gasteiger partial charge in [0.05, 0.1) is 11.8 Å². The second-order valence-corrected chi connectivity index (χ2v) is 10.9. The lowest BCUT2D eigenvalue weighted by Gasteiger charge is -2.60. The Bertz CT molecular complexity index is 766. The van der Waals surface area contributed by atoms with E-state index in [9.17, 15) is 5.11 Å². The Kier molecular flexibility index (Phi) is 4.54. The van der Waals surface area contributed by atoms with Crippen molar-refractivity contribution in [3.05, 3.63) is 23.5 Å². The predicted molar refractivity (Wildman–Crippen MR) is 114 cm³/mol. The van der Waals surface area contributed by atoms with E-state index in [1.807, 2.05) is 10.9 Å². The highest BCUT2D eigenvalue weighted by Crippen LogP contribution is 2.66. The van der Waals surface area contributed by atoms with Gasteiger partial charge in [0.25, 0.3) is 0 Å². The second kappa shape index (κ2) is 6.72. The molecule has 0 aromatic carbocycles. The fraction of sp³-hybridized carbons (Fsp3) is 0.800. The summed E-state index contributed by atoms with van der Waals surface area (Å²) in [6, 6.07) is 2.09. The number of hydrogen-bond acceptors (Lipinski definition) is 2. The fourth-order valence-corrected chi connectivity index (χ4v) is 8.11. The number of hydrogen-bond donors (Lipinski definition) is 1. The first kappa shape index (κ1) is 18.9. The summed E-state index contributed by atoms with van der Waals surface area (Å²) >= 11 is 0. The summed E-state index contributed by atoms with van der Waals surface area (Å²) in [5, 5.41) is 16.0. The van der Waals surface area contributed by atoms with Crippen molar-refractivity contribution in [3.63, 3.8) is 0 Å². The molecule has 0 aliphatic heterocycles. The van der Waals surface area contributed by atoms with Gasteiger partial charge in [0.15, 0.2) is 0 Å². The van der Waals surface area contributed by atoms with E-state index < -0.39 is 0 Å². The molecule has 0 radical (unpaired) electrons. The number of rotatable bonds is 2. The second-order valence-electron chi connectivity index (χ2n) is 10.9. The van der Waals surface area contributed by atoms with E-state index in [1.165, 1.54) is 56.9 Å². The minimum Gasteiger partial charge on any atom is -0.388 e. The van der Waals surface area contributed by atoms with E-state index in [0.717, 1.165) is 36.4 Å². The predicted octanol–water partition coefficient (Wildman–Crippen LogP) is 5.69. The standard InChI is InChI=1S/C25H38N2O/c1-4-27-14-11-19(26-27)15-17-16-22-20-9-8-18-7-5-6-12-24(18,2)21(20)10-13-25(22,3)23(17)28/h11,14-15,18,20-23,28H,4-10,12-13,16H2,1-3H3. The molecule has 7 atom stereocenters. The maximum Gasteiger partial charge on any atom is 0.0851 e. The van der Waals surface area contributed by atoms with Crippen LogP contribution >= 0.6 is 0 Å². The van der Waals surface area contributed by atoms with Crippen LogP contribution in [0.15, 0.2) is 17.8 Å². The Morgan fingerprint density at radius 1 is 1.11 bits per heavy atom. The molecule has 0 saturated heterocycles. The first-order chi connectivity index (χ1) is 13.5. The molecule has 4 aliphatic carbocycles.